The number of halogens is 1. The summed E-state index contributed by atoms with van der Waals surface area (Å²) in [5.41, 5.74) is 3.56. The van der Waals surface area contributed by atoms with Gasteiger partial charge in [0.25, 0.3) is 0 Å². The largest absolute Gasteiger partial charge is 0.106 e. The first-order valence-corrected chi connectivity index (χ1v) is 6.67. The molecule has 0 fully saturated rings. The maximum Gasteiger partial charge on any atom is 0.0409 e. The van der Waals surface area contributed by atoms with Gasteiger partial charge in [-0.3, -0.25) is 0 Å². The molecule has 0 nitrogen and oxygen atoms in total. The van der Waals surface area contributed by atoms with Gasteiger partial charge in [0, 0.05) is 5.03 Å². The molecule has 0 N–H and O–H groups in total. The Kier molecular flexibility index (Phi) is 9.04. The van der Waals surface area contributed by atoms with Gasteiger partial charge in [-0.2, -0.15) is 0 Å². The van der Waals surface area contributed by atoms with Crippen LogP contribution in [0.4, 0.5) is 0 Å². The van der Waals surface area contributed by atoms with Gasteiger partial charge in [0.15, 0.2) is 0 Å². The Morgan fingerprint density at radius 1 is 1.33 bits per heavy atom. The highest BCUT2D eigenvalue weighted by Gasteiger charge is 2.03. The standard InChI is InChI=1S/C15H19Cl.C2H4/c1-4-6-8-13-9-7-10-14(11-13)15(5-2)12(3)16;1-2/h5,7,9-11H,3-4,6,8H2,1-2H3;1-2H2/b15-5+;. The summed E-state index contributed by atoms with van der Waals surface area (Å²) in [5.74, 6) is 0. The second kappa shape index (κ2) is 9.73. The van der Waals surface area contributed by atoms with E-state index in [1.165, 1.54) is 18.4 Å². The van der Waals surface area contributed by atoms with Gasteiger partial charge in [0.1, 0.15) is 0 Å². The molecule has 0 atom stereocenters. The molecule has 0 aliphatic carbocycles. The van der Waals surface area contributed by atoms with E-state index in [9.17, 15) is 0 Å². The first kappa shape index (κ1) is 16.7. The van der Waals surface area contributed by atoms with Gasteiger partial charge in [-0.15, -0.1) is 13.2 Å². The molecule has 0 spiro atoms. The molecule has 0 amide bonds. The van der Waals surface area contributed by atoms with Crippen LogP contribution in [0.3, 0.4) is 0 Å². The van der Waals surface area contributed by atoms with Crippen LogP contribution in [0, 0.1) is 0 Å². The molecule has 0 bridgehead atoms. The summed E-state index contributed by atoms with van der Waals surface area (Å²) in [4.78, 5) is 0. The first-order chi connectivity index (χ1) is 8.69. The maximum absolute atomic E-state index is 5.97. The summed E-state index contributed by atoms with van der Waals surface area (Å²) >= 11 is 5.97. The lowest BCUT2D eigenvalue weighted by atomic mass is 10.0. The average molecular weight is 263 g/mol. The fourth-order valence-electron chi connectivity index (χ4n) is 1.76. The van der Waals surface area contributed by atoms with Crippen molar-refractivity contribution < 1.29 is 0 Å². The van der Waals surface area contributed by atoms with Gasteiger partial charge in [0.05, 0.1) is 0 Å². The van der Waals surface area contributed by atoms with E-state index < -0.39 is 0 Å². The Labute approximate surface area is 117 Å². The molecule has 98 valence electrons. The molecule has 1 aromatic carbocycles. The Morgan fingerprint density at radius 2 is 2.00 bits per heavy atom. The monoisotopic (exact) mass is 262 g/mol. The first-order valence-electron chi connectivity index (χ1n) is 6.29. The molecule has 0 saturated heterocycles. The minimum Gasteiger partial charge on any atom is -0.106 e. The molecule has 0 unspecified atom stereocenters. The van der Waals surface area contributed by atoms with Crippen LogP contribution >= 0.6 is 11.6 Å². The third-order valence-corrected chi connectivity index (χ3v) is 2.84. The van der Waals surface area contributed by atoms with Crippen LogP contribution < -0.4 is 0 Å². The molecular formula is C17H23Cl. The smallest absolute Gasteiger partial charge is 0.0409 e. The minimum absolute atomic E-state index is 0.607. The van der Waals surface area contributed by atoms with Crippen LogP contribution in [-0.2, 0) is 6.42 Å². The molecular weight excluding hydrogens is 240 g/mol. The fraction of sp³-hybridized carbons (Fsp3) is 0.294. The minimum atomic E-state index is 0.607. The van der Waals surface area contributed by atoms with Gasteiger partial charge >= 0.3 is 0 Å². The lowest BCUT2D eigenvalue weighted by Gasteiger charge is -2.07. The summed E-state index contributed by atoms with van der Waals surface area (Å²) in [7, 11) is 0. The van der Waals surface area contributed by atoms with Crippen molar-refractivity contribution in [3.05, 3.63) is 66.2 Å². The Balaban J connectivity index is 0.00000137. The van der Waals surface area contributed by atoms with Crippen molar-refractivity contribution in [3.8, 4) is 0 Å². The number of aryl methyl sites for hydroxylation is 1. The van der Waals surface area contributed by atoms with E-state index >= 15 is 0 Å². The molecule has 18 heavy (non-hydrogen) atoms. The van der Waals surface area contributed by atoms with Gasteiger partial charge < -0.3 is 0 Å². The summed E-state index contributed by atoms with van der Waals surface area (Å²) in [5, 5.41) is 0.607. The van der Waals surface area contributed by atoms with Crippen LogP contribution in [-0.4, -0.2) is 0 Å². The number of hydrogen-bond donors (Lipinski definition) is 0. The highest BCUT2D eigenvalue weighted by atomic mass is 35.5. The van der Waals surface area contributed by atoms with Gasteiger partial charge in [-0.25, -0.2) is 0 Å². The quantitative estimate of drug-likeness (QED) is 0.452. The van der Waals surface area contributed by atoms with E-state index in [1.807, 2.05) is 13.0 Å². The van der Waals surface area contributed by atoms with Crippen molar-refractivity contribution in [1.29, 1.82) is 0 Å². The summed E-state index contributed by atoms with van der Waals surface area (Å²) in [6.07, 6.45) is 5.60. The molecule has 1 aromatic rings. The van der Waals surface area contributed by atoms with Crippen LogP contribution in [0.5, 0.6) is 0 Å². The highest BCUT2D eigenvalue weighted by Crippen LogP contribution is 2.25. The average Bonchev–Trinajstić information content (AvgIpc) is 2.39. The summed E-state index contributed by atoms with van der Waals surface area (Å²) in [6, 6.07) is 8.55. The van der Waals surface area contributed by atoms with Crippen LogP contribution in [0.25, 0.3) is 5.57 Å². The molecule has 0 aliphatic rings. The molecule has 0 radical (unpaired) electrons. The predicted molar refractivity (Wildman–Crippen MR) is 85.0 cm³/mol. The predicted octanol–water partition coefficient (Wildman–Crippen LogP) is 5.99. The summed E-state index contributed by atoms with van der Waals surface area (Å²) in [6.45, 7) is 14.0. The maximum atomic E-state index is 5.97. The molecule has 1 rings (SSSR count). The SMILES string of the molecule is C=C.C=C(Cl)/C(=C\C)c1cccc(CCCC)c1. The van der Waals surface area contributed by atoms with E-state index in [0.717, 1.165) is 17.6 Å². The van der Waals surface area contributed by atoms with Crippen LogP contribution in [0.15, 0.2) is 55.1 Å². The topological polar surface area (TPSA) is 0 Å². The van der Waals surface area contributed by atoms with E-state index in [4.69, 9.17) is 11.6 Å². The molecule has 0 heterocycles. The zero-order chi connectivity index (χ0) is 14.0. The number of allylic oxidation sites excluding steroid dienone is 3. The zero-order valence-corrected chi connectivity index (χ0v) is 12.3. The lowest BCUT2D eigenvalue weighted by Crippen LogP contribution is -1.89. The van der Waals surface area contributed by atoms with Gasteiger partial charge in [-0.05, 0) is 36.5 Å². The molecule has 1 heteroatoms. The van der Waals surface area contributed by atoms with Crippen molar-refractivity contribution in [2.45, 2.75) is 33.1 Å². The second-order valence-electron chi connectivity index (χ2n) is 3.91. The van der Waals surface area contributed by atoms with Crippen molar-refractivity contribution in [2.75, 3.05) is 0 Å². The molecule has 0 saturated carbocycles. The Morgan fingerprint density at radius 3 is 2.50 bits per heavy atom. The Bertz CT molecular complexity index is 402. The van der Waals surface area contributed by atoms with E-state index in [2.05, 4.69) is 50.9 Å². The third-order valence-electron chi connectivity index (χ3n) is 2.64. The highest BCUT2D eigenvalue weighted by molar-refractivity contribution is 6.36. The van der Waals surface area contributed by atoms with Crippen LogP contribution in [0.1, 0.15) is 37.8 Å². The molecule has 0 aromatic heterocycles. The second-order valence-corrected chi connectivity index (χ2v) is 4.37. The Hall–Kier alpha value is -1.27. The number of hydrogen-bond acceptors (Lipinski definition) is 0. The molecule has 0 aliphatic heterocycles. The zero-order valence-electron chi connectivity index (χ0n) is 11.5. The number of rotatable bonds is 5. The van der Waals surface area contributed by atoms with Gasteiger partial charge in [-0.1, -0.05) is 61.9 Å². The van der Waals surface area contributed by atoms with Crippen molar-refractivity contribution in [3.63, 3.8) is 0 Å². The van der Waals surface area contributed by atoms with E-state index in [0.29, 0.717) is 5.03 Å². The third kappa shape index (κ3) is 5.37. The van der Waals surface area contributed by atoms with Crippen molar-refractivity contribution in [2.24, 2.45) is 0 Å². The lowest BCUT2D eigenvalue weighted by molar-refractivity contribution is 0.795. The van der Waals surface area contributed by atoms with E-state index in [1.54, 1.807) is 0 Å². The normalized spacial score (nSPS) is 10.5. The van der Waals surface area contributed by atoms with Crippen molar-refractivity contribution >= 4 is 17.2 Å². The van der Waals surface area contributed by atoms with Crippen LogP contribution in [0.2, 0.25) is 0 Å². The fourth-order valence-corrected chi connectivity index (χ4v) is 1.97. The van der Waals surface area contributed by atoms with E-state index in [-0.39, 0.29) is 0 Å². The summed E-state index contributed by atoms with van der Waals surface area (Å²) < 4.78 is 0. The van der Waals surface area contributed by atoms with Crippen molar-refractivity contribution in [1.82, 2.24) is 0 Å². The number of benzene rings is 1. The number of unbranched alkanes of at least 4 members (excludes halogenated alkanes) is 1. The van der Waals surface area contributed by atoms with Gasteiger partial charge in [0.2, 0.25) is 0 Å².